The second-order valence-corrected chi connectivity index (χ2v) is 11.5. The Labute approximate surface area is 246 Å². The zero-order valence-corrected chi connectivity index (χ0v) is 25.1. The number of nitro groups is 1. The van der Waals surface area contributed by atoms with Crippen molar-refractivity contribution in [1.29, 1.82) is 0 Å². The number of aryl methyl sites for hydroxylation is 1. The lowest BCUT2D eigenvalue weighted by Crippen LogP contribution is -2.39. The fraction of sp³-hybridized carbons (Fsp3) is 0.281. The number of rotatable bonds is 7. The Balaban J connectivity index is 1.62. The van der Waals surface area contributed by atoms with Crippen molar-refractivity contribution in [3.63, 3.8) is 0 Å². The number of furan rings is 1. The molecule has 9 nitrogen and oxygen atoms in total. The van der Waals surface area contributed by atoms with Gasteiger partial charge < -0.3 is 9.15 Å². The number of allylic oxidation sites excluding steroid dienone is 1. The van der Waals surface area contributed by atoms with Crippen LogP contribution in [0.15, 0.2) is 74.0 Å². The molecule has 216 valence electrons. The summed E-state index contributed by atoms with van der Waals surface area (Å²) in [5.41, 5.74) is 4.40. The number of thiazole rings is 1. The van der Waals surface area contributed by atoms with Gasteiger partial charge in [-0.05, 0) is 68.5 Å². The van der Waals surface area contributed by atoms with E-state index in [9.17, 15) is 19.7 Å². The molecular formula is C32H31N3O6S. The Morgan fingerprint density at radius 1 is 1.17 bits per heavy atom. The van der Waals surface area contributed by atoms with Crippen LogP contribution in [-0.4, -0.2) is 22.1 Å². The van der Waals surface area contributed by atoms with Gasteiger partial charge in [0.1, 0.15) is 11.5 Å². The average molecular weight is 586 g/mol. The predicted molar refractivity (Wildman–Crippen MR) is 161 cm³/mol. The minimum Gasteiger partial charge on any atom is -0.463 e. The number of esters is 1. The normalized spacial score (nSPS) is 15.1. The molecule has 5 rings (SSSR count). The van der Waals surface area contributed by atoms with Crippen molar-refractivity contribution in [2.45, 2.75) is 53.5 Å². The Morgan fingerprint density at radius 3 is 2.52 bits per heavy atom. The molecule has 0 saturated heterocycles. The van der Waals surface area contributed by atoms with E-state index in [0.717, 1.165) is 16.7 Å². The van der Waals surface area contributed by atoms with Crippen molar-refractivity contribution in [3.05, 3.63) is 118 Å². The van der Waals surface area contributed by atoms with Crippen LogP contribution in [0.3, 0.4) is 0 Å². The molecule has 1 atom stereocenters. The number of nitro benzene ring substituents is 1. The standard InChI is InChI=1S/C32H31N3O6S/c1-7-40-31(37)28-20(6)33-32-34(29(28)22-10-8-21(9-11-22)17(2)3)30(36)27(42-32)16-24-12-13-26(41-24)23-14-18(4)19(5)25(15-23)35(38)39/h8-17,29H,7H2,1-6H3/b27-16-/t29-/m0/s1. The summed E-state index contributed by atoms with van der Waals surface area (Å²) in [7, 11) is 0. The van der Waals surface area contributed by atoms with Crippen LogP contribution >= 0.6 is 11.3 Å². The first-order chi connectivity index (χ1) is 20.0. The Bertz CT molecular complexity index is 1930. The summed E-state index contributed by atoms with van der Waals surface area (Å²) < 4.78 is 13.3. The van der Waals surface area contributed by atoms with Crippen LogP contribution in [0.25, 0.3) is 17.4 Å². The highest BCUT2D eigenvalue weighted by molar-refractivity contribution is 7.07. The molecule has 42 heavy (non-hydrogen) atoms. The molecule has 2 aromatic carbocycles. The number of benzene rings is 2. The van der Waals surface area contributed by atoms with Gasteiger partial charge in [-0.15, -0.1) is 0 Å². The van der Waals surface area contributed by atoms with E-state index in [1.54, 1.807) is 39.0 Å². The molecular weight excluding hydrogens is 554 g/mol. The first-order valence-corrected chi connectivity index (χ1v) is 14.5. The monoisotopic (exact) mass is 585 g/mol. The summed E-state index contributed by atoms with van der Waals surface area (Å²) in [4.78, 5) is 43.2. The van der Waals surface area contributed by atoms with Crippen molar-refractivity contribution >= 4 is 29.1 Å². The molecule has 2 aromatic heterocycles. The van der Waals surface area contributed by atoms with Gasteiger partial charge in [-0.2, -0.15) is 0 Å². The van der Waals surface area contributed by atoms with Crippen LogP contribution in [0.5, 0.6) is 0 Å². The number of ether oxygens (including phenoxy) is 1. The first-order valence-electron chi connectivity index (χ1n) is 13.7. The van der Waals surface area contributed by atoms with Crippen molar-refractivity contribution in [2.24, 2.45) is 4.99 Å². The van der Waals surface area contributed by atoms with E-state index >= 15 is 0 Å². The van der Waals surface area contributed by atoms with Gasteiger partial charge in [0.15, 0.2) is 4.80 Å². The Morgan fingerprint density at radius 2 is 1.88 bits per heavy atom. The first kappa shape index (κ1) is 28.9. The average Bonchev–Trinajstić information content (AvgIpc) is 3.53. The zero-order chi connectivity index (χ0) is 30.3. The zero-order valence-electron chi connectivity index (χ0n) is 24.3. The number of hydrogen-bond acceptors (Lipinski definition) is 8. The molecule has 0 radical (unpaired) electrons. The molecule has 0 amide bonds. The van der Waals surface area contributed by atoms with Gasteiger partial charge in [0.25, 0.3) is 11.2 Å². The van der Waals surface area contributed by atoms with Crippen LogP contribution in [0, 0.1) is 24.0 Å². The highest BCUT2D eigenvalue weighted by Crippen LogP contribution is 2.33. The van der Waals surface area contributed by atoms with E-state index in [1.807, 2.05) is 37.3 Å². The Hall–Kier alpha value is -4.57. The maximum absolute atomic E-state index is 13.9. The number of aromatic nitrogens is 1. The van der Waals surface area contributed by atoms with Gasteiger partial charge in [-0.3, -0.25) is 19.5 Å². The fourth-order valence-electron chi connectivity index (χ4n) is 5.06. The molecule has 4 aromatic rings. The van der Waals surface area contributed by atoms with E-state index in [-0.39, 0.29) is 17.9 Å². The summed E-state index contributed by atoms with van der Waals surface area (Å²) in [6, 6.07) is 14.0. The molecule has 0 saturated carbocycles. The number of fused-ring (bicyclic) bond motifs is 1. The van der Waals surface area contributed by atoms with Crippen LogP contribution < -0.4 is 14.9 Å². The van der Waals surface area contributed by atoms with Crippen molar-refractivity contribution < 1.29 is 18.9 Å². The minimum atomic E-state index is -0.702. The number of carbonyl (C=O) groups excluding carboxylic acids is 1. The van der Waals surface area contributed by atoms with Gasteiger partial charge in [0.05, 0.1) is 33.4 Å². The van der Waals surface area contributed by atoms with Gasteiger partial charge >= 0.3 is 5.97 Å². The second kappa shape index (κ2) is 11.4. The van der Waals surface area contributed by atoms with Crippen LogP contribution in [0.1, 0.15) is 67.7 Å². The largest absolute Gasteiger partial charge is 0.463 e. The third-order valence-electron chi connectivity index (χ3n) is 7.46. The predicted octanol–water partition coefficient (Wildman–Crippen LogP) is 5.71. The van der Waals surface area contributed by atoms with E-state index in [0.29, 0.717) is 49.2 Å². The maximum Gasteiger partial charge on any atom is 0.338 e. The molecule has 0 N–H and O–H groups in total. The molecule has 10 heteroatoms. The number of hydrogen-bond donors (Lipinski definition) is 0. The molecule has 0 spiro atoms. The fourth-order valence-corrected chi connectivity index (χ4v) is 6.08. The van der Waals surface area contributed by atoms with Gasteiger partial charge in [0, 0.05) is 23.3 Å². The summed E-state index contributed by atoms with van der Waals surface area (Å²) in [6.07, 6.45) is 1.63. The lowest BCUT2D eigenvalue weighted by molar-refractivity contribution is -0.385. The van der Waals surface area contributed by atoms with Crippen LogP contribution in [0.2, 0.25) is 0 Å². The SMILES string of the molecule is CCOC(=O)C1=C(C)N=c2s/c(=C\c3ccc(-c4cc(C)c(C)c([N+](=O)[O-])c4)o3)c(=O)n2[C@H]1c1ccc(C(C)C)cc1. The van der Waals surface area contributed by atoms with E-state index in [2.05, 4.69) is 18.8 Å². The molecule has 0 unspecified atom stereocenters. The van der Waals surface area contributed by atoms with Crippen molar-refractivity contribution in [3.8, 4) is 11.3 Å². The molecule has 1 aliphatic heterocycles. The smallest absolute Gasteiger partial charge is 0.338 e. The second-order valence-electron chi connectivity index (χ2n) is 10.5. The Kier molecular flexibility index (Phi) is 7.83. The van der Waals surface area contributed by atoms with Gasteiger partial charge in [-0.1, -0.05) is 49.4 Å². The van der Waals surface area contributed by atoms with E-state index in [4.69, 9.17) is 9.15 Å². The van der Waals surface area contributed by atoms with Crippen molar-refractivity contribution in [2.75, 3.05) is 6.61 Å². The molecule has 0 bridgehead atoms. The van der Waals surface area contributed by atoms with Crippen molar-refractivity contribution in [1.82, 2.24) is 4.57 Å². The van der Waals surface area contributed by atoms with Crippen LogP contribution in [-0.2, 0) is 9.53 Å². The molecule has 0 aliphatic carbocycles. The van der Waals surface area contributed by atoms with E-state index < -0.39 is 16.9 Å². The summed E-state index contributed by atoms with van der Waals surface area (Å²) in [5.74, 6) is 0.680. The van der Waals surface area contributed by atoms with E-state index in [1.165, 1.54) is 22.0 Å². The summed E-state index contributed by atoms with van der Waals surface area (Å²) in [6.45, 7) is 11.4. The number of carbonyl (C=O) groups is 1. The molecule has 3 heterocycles. The topological polar surface area (TPSA) is 117 Å². The molecule has 0 fully saturated rings. The number of nitrogens with zero attached hydrogens (tertiary/aromatic N) is 3. The third kappa shape index (κ3) is 5.25. The summed E-state index contributed by atoms with van der Waals surface area (Å²) >= 11 is 1.20. The van der Waals surface area contributed by atoms with Gasteiger partial charge in [-0.25, -0.2) is 9.79 Å². The highest BCUT2D eigenvalue weighted by atomic mass is 32.1. The van der Waals surface area contributed by atoms with Gasteiger partial charge in [0.2, 0.25) is 0 Å². The summed E-state index contributed by atoms with van der Waals surface area (Å²) in [5, 5.41) is 11.5. The quantitative estimate of drug-likeness (QED) is 0.156. The van der Waals surface area contributed by atoms with Crippen LogP contribution in [0.4, 0.5) is 5.69 Å². The third-order valence-corrected chi connectivity index (χ3v) is 8.44. The molecule has 1 aliphatic rings. The highest BCUT2D eigenvalue weighted by Gasteiger charge is 2.33. The minimum absolute atomic E-state index is 0.0189. The lowest BCUT2D eigenvalue weighted by atomic mass is 9.93. The maximum atomic E-state index is 13.9. The lowest BCUT2D eigenvalue weighted by Gasteiger charge is -2.25.